The van der Waals surface area contributed by atoms with Crippen LogP contribution in [0.15, 0.2) is 58.4 Å². The van der Waals surface area contributed by atoms with E-state index in [0.717, 1.165) is 10.9 Å². The molecule has 5 nitrogen and oxygen atoms in total. The minimum absolute atomic E-state index is 0.264. The smallest absolute Gasteiger partial charge is 0.273 e. The summed E-state index contributed by atoms with van der Waals surface area (Å²) in [5, 5.41) is 4.71. The molecule has 2 heterocycles. The SMILES string of the molecule is O=C(N/N=C/c1ccco1)c1c[nH]c2ccccc12. The van der Waals surface area contributed by atoms with E-state index < -0.39 is 0 Å². The van der Waals surface area contributed by atoms with E-state index in [1.54, 1.807) is 24.6 Å². The lowest BCUT2D eigenvalue weighted by molar-refractivity contribution is 0.0957. The topological polar surface area (TPSA) is 70.4 Å². The van der Waals surface area contributed by atoms with E-state index in [9.17, 15) is 4.79 Å². The molecule has 3 aromatic rings. The van der Waals surface area contributed by atoms with Gasteiger partial charge in [0.15, 0.2) is 0 Å². The van der Waals surface area contributed by atoms with Crippen molar-refractivity contribution in [3.8, 4) is 0 Å². The lowest BCUT2D eigenvalue weighted by atomic mass is 10.2. The summed E-state index contributed by atoms with van der Waals surface area (Å²) >= 11 is 0. The Morgan fingerprint density at radius 1 is 1.26 bits per heavy atom. The Morgan fingerprint density at radius 3 is 3.00 bits per heavy atom. The standard InChI is InChI=1S/C14H11N3O2/c18-14(17-16-8-10-4-3-7-19-10)12-9-15-13-6-2-1-5-11(12)13/h1-9,15H,(H,17,18)/b16-8+. The molecule has 0 radical (unpaired) electrons. The Balaban J connectivity index is 1.77. The molecule has 0 aliphatic rings. The second kappa shape index (κ2) is 4.81. The van der Waals surface area contributed by atoms with Crippen LogP contribution in [-0.4, -0.2) is 17.1 Å². The Labute approximate surface area is 108 Å². The third kappa shape index (κ3) is 2.26. The van der Waals surface area contributed by atoms with E-state index in [1.807, 2.05) is 24.3 Å². The summed E-state index contributed by atoms with van der Waals surface area (Å²) in [5.41, 5.74) is 3.95. The maximum Gasteiger partial charge on any atom is 0.273 e. The number of aromatic amines is 1. The molecule has 5 heteroatoms. The predicted octanol–water partition coefficient (Wildman–Crippen LogP) is 2.52. The molecule has 0 atom stereocenters. The van der Waals surface area contributed by atoms with Crippen molar-refractivity contribution in [2.75, 3.05) is 0 Å². The zero-order valence-electron chi connectivity index (χ0n) is 9.96. The van der Waals surface area contributed by atoms with Gasteiger partial charge in [0.2, 0.25) is 0 Å². The molecule has 0 unspecified atom stereocenters. The fraction of sp³-hybridized carbons (Fsp3) is 0. The third-order valence-electron chi connectivity index (χ3n) is 2.73. The van der Waals surface area contributed by atoms with Crippen LogP contribution in [0.1, 0.15) is 16.1 Å². The molecule has 0 aliphatic carbocycles. The number of para-hydroxylation sites is 1. The number of rotatable bonds is 3. The van der Waals surface area contributed by atoms with Crippen LogP contribution in [0.4, 0.5) is 0 Å². The van der Waals surface area contributed by atoms with Gasteiger partial charge in [-0.2, -0.15) is 5.10 Å². The first-order chi connectivity index (χ1) is 9.34. The lowest BCUT2D eigenvalue weighted by Crippen LogP contribution is -2.17. The van der Waals surface area contributed by atoms with Crippen molar-refractivity contribution in [1.82, 2.24) is 10.4 Å². The van der Waals surface area contributed by atoms with Crippen LogP contribution in [0, 0.1) is 0 Å². The van der Waals surface area contributed by atoms with Gasteiger partial charge in [-0.15, -0.1) is 0 Å². The summed E-state index contributed by atoms with van der Waals surface area (Å²) in [6.45, 7) is 0. The Morgan fingerprint density at radius 2 is 2.16 bits per heavy atom. The van der Waals surface area contributed by atoms with E-state index in [2.05, 4.69) is 15.5 Å². The number of benzene rings is 1. The van der Waals surface area contributed by atoms with Crippen molar-refractivity contribution in [3.05, 3.63) is 60.2 Å². The first-order valence-electron chi connectivity index (χ1n) is 5.77. The molecule has 94 valence electrons. The number of amides is 1. The first kappa shape index (κ1) is 11.3. The zero-order chi connectivity index (χ0) is 13.1. The molecule has 1 amide bonds. The molecule has 0 saturated carbocycles. The van der Waals surface area contributed by atoms with Gasteiger partial charge in [-0.1, -0.05) is 18.2 Å². The highest BCUT2D eigenvalue weighted by Gasteiger charge is 2.10. The van der Waals surface area contributed by atoms with Crippen LogP contribution >= 0.6 is 0 Å². The quantitative estimate of drug-likeness (QED) is 0.556. The number of carbonyl (C=O) groups excluding carboxylic acids is 1. The fourth-order valence-corrected chi connectivity index (χ4v) is 1.84. The fourth-order valence-electron chi connectivity index (χ4n) is 1.84. The monoisotopic (exact) mass is 253 g/mol. The Bertz CT molecular complexity index is 726. The van der Waals surface area contributed by atoms with Crippen LogP contribution in [0.2, 0.25) is 0 Å². The van der Waals surface area contributed by atoms with Crippen LogP contribution in [0.25, 0.3) is 10.9 Å². The number of H-pyrrole nitrogens is 1. The molecule has 1 aromatic carbocycles. The summed E-state index contributed by atoms with van der Waals surface area (Å²) < 4.78 is 5.07. The predicted molar refractivity (Wildman–Crippen MR) is 72.1 cm³/mol. The van der Waals surface area contributed by atoms with Crippen molar-refractivity contribution in [2.24, 2.45) is 5.10 Å². The summed E-state index contributed by atoms with van der Waals surface area (Å²) in [6.07, 6.45) is 4.66. The van der Waals surface area contributed by atoms with Crippen LogP contribution < -0.4 is 5.43 Å². The van der Waals surface area contributed by atoms with Gasteiger partial charge in [0, 0.05) is 17.1 Å². The molecule has 2 aromatic heterocycles. The van der Waals surface area contributed by atoms with Gasteiger partial charge in [-0.05, 0) is 18.2 Å². The molecular formula is C14H11N3O2. The highest BCUT2D eigenvalue weighted by molar-refractivity contribution is 6.06. The zero-order valence-corrected chi connectivity index (χ0v) is 9.96. The first-order valence-corrected chi connectivity index (χ1v) is 5.77. The lowest BCUT2D eigenvalue weighted by Gasteiger charge is -1.97. The van der Waals surface area contributed by atoms with Gasteiger partial charge in [0.1, 0.15) is 5.76 Å². The normalized spacial score (nSPS) is 11.2. The van der Waals surface area contributed by atoms with Crippen molar-refractivity contribution in [1.29, 1.82) is 0 Å². The highest BCUT2D eigenvalue weighted by atomic mass is 16.3. The number of fused-ring (bicyclic) bond motifs is 1. The van der Waals surface area contributed by atoms with E-state index in [0.29, 0.717) is 11.3 Å². The van der Waals surface area contributed by atoms with Crippen molar-refractivity contribution >= 4 is 23.0 Å². The Kier molecular flexibility index (Phi) is 2.86. The summed E-state index contributed by atoms with van der Waals surface area (Å²) in [5.74, 6) is 0.319. The second-order valence-electron chi connectivity index (χ2n) is 3.96. The molecule has 0 aliphatic heterocycles. The molecule has 0 spiro atoms. The number of nitrogens with zero attached hydrogens (tertiary/aromatic N) is 1. The number of furan rings is 1. The van der Waals surface area contributed by atoms with Gasteiger partial charge in [-0.25, -0.2) is 5.43 Å². The summed E-state index contributed by atoms with van der Waals surface area (Å²) in [7, 11) is 0. The van der Waals surface area contributed by atoms with Gasteiger partial charge in [-0.3, -0.25) is 4.79 Å². The molecule has 19 heavy (non-hydrogen) atoms. The van der Waals surface area contributed by atoms with Crippen LogP contribution in [0.3, 0.4) is 0 Å². The number of hydrazone groups is 1. The number of aromatic nitrogens is 1. The van der Waals surface area contributed by atoms with Gasteiger partial charge in [0.05, 0.1) is 18.0 Å². The highest BCUT2D eigenvalue weighted by Crippen LogP contribution is 2.17. The van der Waals surface area contributed by atoms with Crippen LogP contribution in [-0.2, 0) is 0 Å². The number of nitrogens with one attached hydrogen (secondary N) is 2. The van der Waals surface area contributed by atoms with Gasteiger partial charge >= 0.3 is 0 Å². The minimum Gasteiger partial charge on any atom is -0.463 e. The van der Waals surface area contributed by atoms with Crippen LogP contribution in [0.5, 0.6) is 0 Å². The van der Waals surface area contributed by atoms with Gasteiger partial charge in [0.25, 0.3) is 5.91 Å². The summed E-state index contributed by atoms with van der Waals surface area (Å²) in [4.78, 5) is 15.0. The average Bonchev–Trinajstić information content (AvgIpc) is 3.07. The molecular weight excluding hydrogens is 242 g/mol. The summed E-state index contributed by atoms with van der Waals surface area (Å²) in [6, 6.07) is 11.1. The molecule has 0 fully saturated rings. The third-order valence-corrected chi connectivity index (χ3v) is 2.73. The van der Waals surface area contributed by atoms with E-state index >= 15 is 0 Å². The molecule has 0 bridgehead atoms. The molecule has 3 rings (SSSR count). The molecule has 0 saturated heterocycles. The average molecular weight is 253 g/mol. The number of hydrogen-bond acceptors (Lipinski definition) is 3. The molecule has 2 N–H and O–H groups in total. The number of carbonyl (C=O) groups is 1. The van der Waals surface area contributed by atoms with E-state index in [1.165, 1.54) is 6.21 Å². The minimum atomic E-state index is -0.264. The Hall–Kier alpha value is -2.82. The largest absolute Gasteiger partial charge is 0.463 e. The van der Waals surface area contributed by atoms with Crippen molar-refractivity contribution < 1.29 is 9.21 Å². The van der Waals surface area contributed by atoms with Crippen molar-refractivity contribution in [3.63, 3.8) is 0 Å². The maximum absolute atomic E-state index is 12.0. The van der Waals surface area contributed by atoms with Crippen molar-refractivity contribution in [2.45, 2.75) is 0 Å². The number of hydrogen-bond donors (Lipinski definition) is 2. The van der Waals surface area contributed by atoms with Gasteiger partial charge < -0.3 is 9.40 Å². The van der Waals surface area contributed by atoms with E-state index in [-0.39, 0.29) is 5.91 Å². The second-order valence-corrected chi connectivity index (χ2v) is 3.96. The van der Waals surface area contributed by atoms with E-state index in [4.69, 9.17) is 4.42 Å². The maximum atomic E-state index is 12.0.